The molecule has 0 radical (unpaired) electrons. The lowest BCUT2D eigenvalue weighted by Crippen LogP contribution is -2.24. The molecular weight excluding hydrogens is 188 g/mol. The lowest BCUT2D eigenvalue weighted by molar-refractivity contribution is 0.336. The molecule has 1 aliphatic rings. The van der Waals surface area contributed by atoms with E-state index >= 15 is 0 Å². The fourth-order valence-corrected chi connectivity index (χ4v) is 1.95. The quantitative estimate of drug-likeness (QED) is 0.799. The second kappa shape index (κ2) is 4.64. The van der Waals surface area contributed by atoms with Gasteiger partial charge in [-0.25, -0.2) is 0 Å². The summed E-state index contributed by atoms with van der Waals surface area (Å²) in [6.07, 6.45) is 1.05. The lowest BCUT2D eigenvalue weighted by atomic mass is 10.1. The molecule has 0 unspecified atom stereocenters. The van der Waals surface area contributed by atoms with Crippen LogP contribution in [0.25, 0.3) is 0 Å². The summed E-state index contributed by atoms with van der Waals surface area (Å²) in [5.41, 5.74) is 8.20. The van der Waals surface area contributed by atoms with Gasteiger partial charge >= 0.3 is 0 Å². The number of hydrogen-bond donors (Lipinski definition) is 1. The molecule has 0 bridgehead atoms. The molecule has 0 aromatic heterocycles. The highest BCUT2D eigenvalue weighted by Crippen LogP contribution is 2.26. The molecule has 0 spiro atoms. The van der Waals surface area contributed by atoms with Crippen molar-refractivity contribution in [2.75, 3.05) is 26.7 Å². The standard InChI is InChI=1S/C12H18N2O/c1-14(6-5-13)9-10-2-3-12-11(8-10)4-7-15-12/h2-3,8H,4-7,9,13H2,1H3. The Bertz CT molecular complexity index is 338. The molecular formula is C12H18N2O. The largest absolute Gasteiger partial charge is 0.493 e. The monoisotopic (exact) mass is 206 g/mol. The van der Waals surface area contributed by atoms with Gasteiger partial charge in [0.1, 0.15) is 5.75 Å². The number of rotatable bonds is 4. The topological polar surface area (TPSA) is 38.5 Å². The number of hydrogen-bond acceptors (Lipinski definition) is 3. The van der Waals surface area contributed by atoms with Crippen LogP contribution in [0.2, 0.25) is 0 Å². The van der Waals surface area contributed by atoms with Crippen LogP contribution in [-0.4, -0.2) is 31.6 Å². The summed E-state index contributed by atoms with van der Waals surface area (Å²) in [5.74, 6) is 1.06. The van der Waals surface area contributed by atoms with Crippen molar-refractivity contribution < 1.29 is 4.74 Å². The van der Waals surface area contributed by atoms with Crippen molar-refractivity contribution in [1.29, 1.82) is 0 Å². The molecule has 15 heavy (non-hydrogen) atoms. The summed E-state index contributed by atoms with van der Waals surface area (Å²) in [7, 11) is 2.09. The Morgan fingerprint density at radius 2 is 2.33 bits per heavy atom. The van der Waals surface area contributed by atoms with Crippen LogP contribution in [0.3, 0.4) is 0 Å². The van der Waals surface area contributed by atoms with Crippen LogP contribution in [0, 0.1) is 0 Å². The number of benzene rings is 1. The van der Waals surface area contributed by atoms with E-state index in [0.29, 0.717) is 6.54 Å². The lowest BCUT2D eigenvalue weighted by Gasteiger charge is -2.15. The van der Waals surface area contributed by atoms with Gasteiger partial charge in [0, 0.05) is 26.1 Å². The van der Waals surface area contributed by atoms with Crippen LogP contribution >= 0.6 is 0 Å². The van der Waals surface area contributed by atoms with Gasteiger partial charge in [0.15, 0.2) is 0 Å². The maximum absolute atomic E-state index is 5.51. The van der Waals surface area contributed by atoms with E-state index in [-0.39, 0.29) is 0 Å². The second-order valence-electron chi connectivity index (χ2n) is 4.07. The first-order chi connectivity index (χ1) is 7.29. The first-order valence-corrected chi connectivity index (χ1v) is 5.43. The first kappa shape index (κ1) is 10.5. The highest BCUT2D eigenvalue weighted by atomic mass is 16.5. The Labute approximate surface area is 90.8 Å². The molecule has 0 aliphatic carbocycles. The van der Waals surface area contributed by atoms with E-state index in [4.69, 9.17) is 10.5 Å². The Hall–Kier alpha value is -1.06. The van der Waals surface area contributed by atoms with Crippen molar-refractivity contribution in [3.8, 4) is 5.75 Å². The van der Waals surface area contributed by atoms with Gasteiger partial charge in [0.2, 0.25) is 0 Å². The predicted molar refractivity (Wildman–Crippen MR) is 61.0 cm³/mol. The van der Waals surface area contributed by atoms with Crippen LogP contribution in [0.5, 0.6) is 5.75 Å². The third-order valence-electron chi connectivity index (χ3n) is 2.72. The smallest absolute Gasteiger partial charge is 0.122 e. The third kappa shape index (κ3) is 2.49. The van der Waals surface area contributed by atoms with Crippen molar-refractivity contribution in [1.82, 2.24) is 4.90 Å². The molecule has 2 rings (SSSR count). The van der Waals surface area contributed by atoms with Crippen molar-refractivity contribution in [2.24, 2.45) is 5.73 Å². The van der Waals surface area contributed by atoms with E-state index < -0.39 is 0 Å². The second-order valence-corrected chi connectivity index (χ2v) is 4.07. The molecule has 82 valence electrons. The van der Waals surface area contributed by atoms with Crippen LogP contribution in [-0.2, 0) is 13.0 Å². The fourth-order valence-electron chi connectivity index (χ4n) is 1.95. The highest BCUT2D eigenvalue weighted by Gasteiger charge is 2.12. The minimum Gasteiger partial charge on any atom is -0.493 e. The number of likely N-dealkylation sites (N-methyl/N-ethyl adjacent to an activating group) is 1. The Morgan fingerprint density at radius 3 is 3.13 bits per heavy atom. The highest BCUT2D eigenvalue weighted by molar-refractivity contribution is 5.39. The molecule has 1 heterocycles. The summed E-state index contributed by atoms with van der Waals surface area (Å²) in [6.45, 7) is 3.44. The maximum Gasteiger partial charge on any atom is 0.122 e. The van der Waals surface area contributed by atoms with Gasteiger partial charge in [-0.15, -0.1) is 0 Å². The maximum atomic E-state index is 5.51. The predicted octanol–water partition coefficient (Wildman–Crippen LogP) is 1.01. The normalized spacial score (nSPS) is 14.1. The zero-order valence-corrected chi connectivity index (χ0v) is 9.20. The Kier molecular flexibility index (Phi) is 3.23. The number of fused-ring (bicyclic) bond motifs is 1. The van der Waals surface area contributed by atoms with Gasteiger partial charge in [0.25, 0.3) is 0 Å². The Morgan fingerprint density at radius 1 is 1.47 bits per heavy atom. The fraction of sp³-hybridized carbons (Fsp3) is 0.500. The number of nitrogens with zero attached hydrogens (tertiary/aromatic N) is 1. The van der Waals surface area contributed by atoms with Gasteiger partial charge in [-0.1, -0.05) is 12.1 Å². The van der Waals surface area contributed by atoms with E-state index in [1.54, 1.807) is 0 Å². The number of ether oxygens (including phenoxy) is 1. The van der Waals surface area contributed by atoms with Crippen molar-refractivity contribution in [2.45, 2.75) is 13.0 Å². The molecule has 0 saturated carbocycles. The van der Waals surface area contributed by atoms with Crippen LogP contribution < -0.4 is 10.5 Å². The zero-order chi connectivity index (χ0) is 10.7. The summed E-state index contributed by atoms with van der Waals surface area (Å²) in [4.78, 5) is 2.23. The molecule has 2 N–H and O–H groups in total. The van der Waals surface area contributed by atoms with E-state index in [1.165, 1.54) is 11.1 Å². The van der Waals surface area contributed by atoms with E-state index in [1.807, 2.05) is 0 Å². The molecule has 1 aliphatic heterocycles. The SMILES string of the molecule is CN(CCN)Cc1ccc2c(c1)CCO2. The molecule has 3 heteroatoms. The van der Waals surface area contributed by atoms with Crippen LogP contribution in [0.1, 0.15) is 11.1 Å². The van der Waals surface area contributed by atoms with Crippen LogP contribution in [0.4, 0.5) is 0 Å². The minimum atomic E-state index is 0.713. The summed E-state index contributed by atoms with van der Waals surface area (Å²) >= 11 is 0. The summed E-state index contributed by atoms with van der Waals surface area (Å²) < 4.78 is 5.47. The average molecular weight is 206 g/mol. The van der Waals surface area contributed by atoms with Crippen LogP contribution in [0.15, 0.2) is 18.2 Å². The summed E-state index contributed by atoms with van der Waals surface area (Å²) in [6, 6.07) is 6.46. The molecule has 1 aromatic carbocycles. The molecule has 3 nitrogen and oxygen atoms in total. The van der Waals surface area contributed by atoms with Crippen molar-refractivity contribution in [3.63, 3.8) is 0 Å². The van der Waals surface area contributed by atoms with E-state index in [9.17, 15) is 0 Å². The molecule has 0 amide bonds. The van der Waals surface area contributed by atoms with Crippen molar-refractivity contribution >= 4 is 0 Å². The van der Waals surface area contributed by atoms with Crippen molar-refractivity contribution in [3.05, 3.63) is 29.3 Å². The molecule has 0 saturated heterocycles. The molecule has 1 aromatic rings. The minimum absolute atomic E-state index is 0.713. The van der Waals surface area contributed by atoms with Gasteiger partial charge in [0.05, 0.1) is 6.61 Å². The van der Waals surface area contributed by atoms with Gasteiger partial charge in [-0.05, 0) is 24.2 Å². The number of nitrogens with two attached hydrogens (primary N) is 1. The van der Waals surface area contributed by atoms with E-state index in [2.05, 4.69) is 30.1 Å². The zero-order valence-electron chi connectivity index (χ0n) is 9.20. The van der Waals surface area contributed by atoms with Gasteiger partial charge < -0.3 is 15.4 Å². The average Bonchev–Trinajstić information content (AvgIpc) is 2.65. The van der Waals surface area contributed by atoms with Gasteiger partial charge in [-0.2, -0.15) is 0 Å². The molecule has 0 fully saturated rings. The molecule has 0 atom stereocenters. The van der Waals surface area contributed by atoms with E-state index in [0.717, 1.165) is 31.9 Å². The first-order valence-electron chi connectivity index (χ1n) is 5.43. The third-order valence-corrected chi connectivity index (χ3v) is 2.72. The Balaban J connectivity index is 2.03. The summed E-state index contributed by atoms with van der Waals surface area (Å²) in [5, 5.41) is 0. The van der Waals surface area contributed by atoms with Gasteiger partial charge in [-0.3, -0.25) is 0 Å².